The van der Waals surface area contributed by atoms with Crippen molar-refractivity contribution < 1.29 is 4.74 Å². The fourth-order valence-corrected chi connectivity index (χ4v) is 2.72. The van der Waals surface area contributed by atoms with Gasteiger partial charge in [-0.15, -0.1) is 11.3 Å². The molecule has 4 heteroatoms. The van der Waals surface area contributed by atoms with Gasteiger partial charge in [0.2, 0.25) is 0 Å². The van der Waals surface area contributed by atoms with Gasteiger partial charge in [0.05, 0.1) is 10.2 Å². The summed E-state index contributed by atoms with van der Waals surface area (Å²) in [5, 5.41) is 0. The molecule has 0 aliphatic heterocycles. The first-order chi connectivity index (χ1) is 8.31. The van der Waals surface area contributed by atoms with E-state index in [1.807, 2.05) is 48.5 Å². The molecule has 0 saturated carbocycles. The van der Waals surface area contributed by atoms with Crippen LogP contribution in [-0.4, -0.2) is 4.98 Å². The first-order valence-corrected chi connectivity index (χ1v) is 6.39. The quantitative estimate of drug-likeness (QED) is 0.672. The molecule has 1 heterocycles. The lowest BCUT2D eigenvalue weighted by Crippen LogP contribution is -1.82. The van der Waals surface area contributed by atoms with Crippen molar-refractivity contribution in [2.75, 3.05) is 0 Å². The van der Waals surface area contributed by atoms with E-state index in [0.29, 0.717) is 0 Å². The number of thiazole rings is 1. The van der Waals surface area contributed by atoms with Gasteiger partial charge in [0.1, 0.15) is 11.5 Å². The molecule has 0 atom stereocenters. The summed E-state index contributed by atoms with van der Waals surface area (Å²) in [4.78, 5) is 3.14. The van der Waals surface area contributed by atoms with Crippen LogP contribution in [-0.2, 0) is 0 Å². The standard InChI is InChI=1S/C13H9NOS2/c16-13-14-11-8-10(6-7-12(11)17-13)15-9-4-2-1-3-5-9/h1-8H,(H,14,16). The van der Waals surface area contributed by atoms with Crippen LogP contribution in [0, 0.1) is 3.95 Å². The van der Waals surface area contributed by atoms with Crippen LogP contribution >= 0.6 is 23.6 Å². The van der Waals surface area contributed by atoms with Crippen molar-refractivity contribution in [3.63, 3.8) is 0 Å². The van der Waals surface area contributed by atoms with Crippen LogP contribution in [0.15, 0.2) is 48.5 Å². The minimum absolute atomic E-state index is 0.789. The second kappa shape index (κ2) is 4.31. The van der Waals surface area contributed by atoms with Crippen molar-refractivity contribution >= 4 is 33.8 Å². The Morgan fingerprint density at radius 3 is 2.65 bits per heavy atom. The van der Waals surface area contributed by atoms with E-state index < -0.39 is 0 Å². The molecule has 2 aromatic carbocycles. The van der Waals surface area contributed by atoms with Gasteiger partial charge < -0.3 is 9.72 Å². The Balaban J connectivity index is 1.98. The smallest absolute Gasteiger partial charge is 0.159 e. The number of para-hydroxylation sites is 1. The summed E-state index contributed by atoms with van der Waals surface area (Å²) in [6.07, 6.45) is 0. The summed E-state index contributed by atoms with van der Waals surface area (Å²) in [5.41, 5.74) is 1.02. The summed E-state index contributed by atoms with van der Waals surface area (Å²) in [7, 11) is 0. The van der Waals surface area contributed by atoms with E-state index in [9.17, 15) is 0 Å². The van der Waals surface area contributed by atoms with Gasteiger partial charge in [-0.3, -0.25) is 0 Å². The summed E-state index contributed by atoms with van der Waals surface area (Å²) in [6, 6.07) is 15.7. The number of hydrogen-bond acceptors (Lipinski definition) is 3. The van der Waals surface area contributed by atoms with Gasteiger partial charge in [0.25, 0.3) is 0 Å². The zero-order valence-electron chi connectivity index (χ0n) is 8.84. The summed E-state index contributed by atoms with van der Waals surface area (Å²) >= 11 is 6.68. The third kappa shape index (κ3) is 2.23. The number of ether oxygens (including phenoxy) is 1. The molecule has 0 radical (unpaired) electrons. The van der Waals surface area contributed by atoms with Crippen LogP contribution in [0.25, 0.3) is 10.2 Å². The Labute approximate surface area is 108 Å². The van der Waals surface area contributed by atoms with Gasteiger partial charge in [0, 0.05) is 6.07 Å². The first kappa shape index (κ1) is 10.5. The largest absolute Gasteiger partial charge is 0.457 e. The first-order valence-electron chi connectivity index (χ1n) is 5.17. The van der Waals surface area contributed by atoms with Gasteiger partial charge in [-0.1, -0.05) is 18.2 Å². The molecule has 2 nitrogen and oxygen atoms in total. The van der Waals surface area contributed by atoms with Gasteiger partial charge in [-0.25, -0.2) is 0 Å². The minimum atomic E-state index is 0.789. The molecule has 0 aliphatic rings. The number of H-pyrrole nitrogens is 1. The predicted molar refractivity (Wildman–Crippen MR) is 73.5 cm³/mol. The predicted octanol–water partition coefficient (Wildman–Crippen LogP) is 4.75. The van der Waals surface area contributed by atoms with Crippen LogP contribution in [0.2, 0.25) is 0 Å². The highest BCUT2D eigenvalue weighted by Crippen LogP contribution is 2.27. The summed E-state index contributed by atoms with van der Waals surface area (Å²) < 4.78 is 7.68. The third-order valence-electron chi connectivity index (χ3n) is 2.37. The van der Waals surface area contributed by atoms with Crippen molar-refractivity contribution in [3.05, 3.63) is 52.5 Å². The minimum Gasteiger partial charge on any atom is -0.457 e. The second-order valence-corrected chi connectivity index (χ2v) is 5.31. The lowest BCUT2D eigenvalue weighted by Gasteiger charge is -2.04. The van der Waals surface area contributed by atoms with Crippen LogP contribution in [0.4, 0.5) is 0 Å². The van der Waals surface area contributed by atoms with E-state index in [0.717, 1.165) is 25.7 Å². The summed E-state index contributed by atoms with van der Waals surface area (Å²) in [5.74, 6) is 1.65. The van der Waals surface area contributed by atoms with Gasteiger partial charge in [-0.2, -0.15) is 0 Å². The zero-order valence-corrected chi connectivity index (χ0v) is 10.5. The maximum absolute atomic E-state index is 5.75. The molecule has 3 rings (SSSR count). The van der Waals surface area contributed by atoms with E-state index >= 15 is 0 Å². The molecule has 0 aliphatic carbocycles. The van der Waals surface area contributed by atoms with Crippen molar-refractivity contribution in [1.82, 2.24) is 4.98 Å². The fourth-order valence-electron chi connectivity index (χ4n) is 1.62. The Morgan fingerprint density at radius 1 is 1.00 bits per heavy atom. The number of aromatic amines is 1. The normalized spacial score (nSPS) is 10.6. The molecule has 1 N–H and O–H groups in total. The Morgan fingerprint density at radius 2 is 1.82 bits per heavy atom. The fraction of sp³-hybridized carbons (Fsp3) is 0. The van der Waals surface area contributed by atoms with E-state index in [4.69, 9.17) is 17.0 Å². The molecule has 0 fully saturated rings. The van der Waals surface area contributed by atoms with Crippen molar-refractivity contribution in [3.8, 4) is 11.5 Å². The lowest BCUT2D eigenvalue weighted by molar-refractivity contribution is 0.483. The highest BCUT2D eigenvalue weighted by molar-refractivity contribution is 7.73. The van der Waals surface area contributed by atoms with Crippen molar-refractivity contribution in [1.29, 1.82) is 0 Å². The van der Waals surface area contributed by atoms with Crippen LogP contribution in [0.5, 0.6) is 11.5 Å². The molecule has 17 heavy (non-hydrogen) atoms. The maximum Gasteiger partial charge on any atom is 0.159 e. The van der Waals surface area contributed by atoms with E-state index in [-0.39, 0.29) is 0 Å². The lowest BCUT2D eigenvalue weighted by atomic mass is 10.3. The van der Waals surface area contributed by atoms with Crippen LogP contribution in [0.1, 0.15) is 0 Å². The molecule has 0 unspecified atom stereocenters. The molecule has 0 saturated heterocycles. The Kier molecular flexibility index (Phi) is 2.66. The second-order valence-electron chi connectivity index (χ2n) is 3.59. The number of fused-ring (bicyclic) bond motifs is 1. The molecule has 1 aromatic heterocycles. The molecule has 0 amide bonds. The number of benzene rings is 2. The average Bonchev–Trinajstić information content (AvgIpc) is 2.70. The summed E-state index contributed by atoms with van der Waals surface area (Å²) in [6.45, 7) is 0. The van der Waals surface area contributed by atoms with Gasteiger partial charge in [0.15, 0.2) is 3.95 Å². The molecular formula is C13H9NOS2. The monoisotopic (exact) mass is 259 g/mol. The van der Waals surface area contributed by atoms with Crippen LogP contribution < -0.4 is 4.74 Å². The molecule has 84 valence electrons. The highest BCUT2D eigenvalue weighted by Gasteiger charge is 2.01. The van der Waals surface area contributed by atoms with E-state index in [2.05, 4.69) is 4.98 Å². The topological polar surface area (TPSA) is 25.0 Å². The molecular weight excluding hydrogens is 250 g/mol. The number of rotatable bonds is 2. The van der Waals surface area contributed by atoms with Crippen molar-refractivity contribution in [2.45, 2.75) is 0 Å². The Hall–Kier alpha value is -1.65. The average molecular weight is 259 g/mol. The maximum atomic E-state index is 5.75. The van der Waals surface area contributed by atoms with E-state index in [1.54, 1.807) is 11.3 Å². The van der Waals surface area contributed by atoms with E-state index in [1.165, 1.54) is 0 Å². The molecule has 0 bridgehead atoms. The molecule has 0 spiro atoms. The highest BCUT2D eigenvalue weighted by atomic mass is 32.1. The third-order valence-corrected chi connectivity index (χ3v) is 3.58. The van der Waals surface area contributed by atoms with Gasteiger partial charge >= 0.3 is 0 Å². The number of hydrogen-bond donors (Lipinski definition) is 1. The van der Waals surface area contributed by atoms with Crippen molar-refractivity contribution in [2.24, 2.45) is 0 Å². The SMILES string of the molecule is S=c1[nH]c2cc(Oc3ccccc3)ccc2s1. The number of nitrogens with one attached hydrogen (secondary N) is 1. The number of aromatic nitrogens is 1. The molecule has 3 aromatic rings. The Bertz CT molecular complexity index is 700. The zero-order chi connectivity index (χ0) is 11.7. The van der Waals surface area contributed by atoms with Crippen LogP contribution in [0.3, 0.4) is 0 Å². The van der Waals surface area contributed by atoms with Gasteiger partial charge in [-0.05, 0) is 36.5 Å².